The largest absolute Gasteiger partial charge is 0.381 e. The highest BCUT2D eigenvalue weighted by Gasteiger charge is 2.21. The van der Waals surface area contributed by atoms with E-state index in [9.17, 15) is 0 Å². The molecule has 15 heavy (non-hydrogen) atoms. The van der Waals surface area contributed by atoms with Crippen LogP contribution in [0.4, 0.5) is 0 Å². The second-order valence-electron chi connectivity index (χ2n) is 4.55. The number of hydrogen-bond acceptors (Lipinski definition) is 4. The van der Waals surface area contributed by atoms with Crippen molar-refractivity contribution in [2.75, 3.05) is 46.0 Å². The van der Waals surface area contributed by atoms with Gasteiger partial charge in [0.15, 0.2) is 0 Å². The van der Waals surface area contributed by atoms with Gasteiger partial charge in [0.2, 0.25) is 0 Å². The zero-order chi connectivity index (χ0) is 10.5. The monoisotopic (exact) mass is 214 g/mol. The Labute approximate surface area is 91.7 Å². The molecular weight excluding hydrogens is 192 g/mol. The first kappa shape index (κ1) is 11.3. The minimum absolute atomic E-state index is 0.249. The summed E-state index contributed by atoms with van der Waals surface area (Å²) in [5.74, 6) is 0.782. The van der Waals surface area contributed by atoms with Gasteiger partial charge >= 0.3 is 0 Å². The summed E-state index contributed by atoms with van der Waals surface area (Å²) >= 11 is 0. The lowest BCUT2D eigenvalue weighted by molar-refractivity contribution is -0.0246. The average Bonchev–Trinajstić information content (AvgIpc) is 2.79. The van der Waals surface area contributed by atoms with Gasteiger partial charge in [-0.15, -0.1) is 0 Å². The highest BCUT2D eigenvalue weighted by atomic mass is 16.5. The first-order chi connectivity index (χ1) is 7.38. The van der Waals surface area contributed by atoms with E-state index in [4.69, 9.17) is 15.2 Å². The number of ether oxygens (including phenoxy) is 2. The fourth-order valence-electron chi connectivity index (χ4n) is 2.30. The van der Waals surface area contributed by atoms with Crippen LogP contribution >= 0.6 is 0 Å². The fourth-order valence-corrected chi connectivity index (χ4v) is 2.30. The maximum atomic E-state index is 5.61. The minimum atomic E-state index is 0.249. The summed E-state index contributed by atoms with van der Waals surface area (Å²) in [4.78, 5) is 2.47. The molecule has 2 aliphatic heterocycles. The summed E-state index contributed by atoms with van der Waals surface area (Å²) < 4.78 is 10.9. The van der Waals surface area contributed by atoms with E-state index in [1.165, 1.54) is 19.4 Å². The molecular formula is C11H22N2O2. The Morgan fingerprint density at radius 1 is 1.33 bits per heavy atom. The van der Waals surface area contributed by atoms with Gasteiger partial charge in [0.1, 0.15) is 0 Å². The minimum Gasteiger partial charge on any atom is -0.381 e. The second-order valence-corrected chi connectivity index (χ2v) is 4.55. The Kier molecular flexibility index (Phi) is 4.38. The molecule has 0 aliphatic carbocycles. The Hall–Kier alpha value is -0.160. The molecule has 0 aromatic carbocycles. The van der Waals surface area contributed by atoms with Gasteiger partial charge < -0.3 is 15.2 Å². The van der Waals surface area contributed by atoms with Gasteiger partial charge in [-0.05, 0) is 25.3 Å². The Morgan fingerprint density at radius 3 is 3.00 bits per heavy atom. The van der Waals surface area contributed by atoms with Crippen molar-refractivity contribution in [3.8, 4) is 0 Å². The first-order valence-corrected chi connectivity index (χ1v) is 6.00. The van der Waals surface area contributed by atoms with E-state index >= 15 is 0 Å². The lowest BCUT2D eigenvalue weighted by Crippen LogP contribution is -2.46. The Morgan fingerprint density at radius 2 is 2.27 bits per heavy atom. The molecule has 2 rings (SSSR count). The van der Waals surface area contributed by atoms with Crippen molar-refractivity contribution in [1.82, 2.24) is 4.90 Å². The third-order valence-electron chi connectivity index (χ3n) is 3.36. The number of nitrogens with zero attached hydrogens (tertiary/aromatic N) is 1. The van der Waals surface area contributed by atoms with Crippen LogP contribution in [0.3, 0.4) is 0 Å². The van der Waals surface area contributed by atoms with E-state index in [1.54, 1.807) is 0 Å². The molecule has 2 fully saturated rings. The van der Waals surface area contributed by atoms with Crippen LogP contribution in [0.1, 0.15) is 12.8 Å². The molecule has 88 valence electrons. The summed E-state index contributed by atoms with van der Waals surface area (Å²) in [5.41, 5.74) is 5.61. The SMILES string of the molecule is NCC1CN(CCC2CCOC2)CCO1. The standard InChI is InChI=1S/C11H22N2O2/c12-7-11-8-13(4-6-15-11)3-1-10-2-5-14-9-10/h10-11H,1-9,12H2. The van der Waals surface area contributed by atoms with Crippen molar-refractivity contribution in [3.63, 3.8) is 0 Å². The fraction of sp³-hybridized carbons (Fsp3) is 1.00. The lowest BCUT2D eigenvalue weighted by atomic mass is 10.0. The van der Waals surface area contributed by atoms with Crippen molar-refractivity contribution in [3.05, 3.63) is 0 Å². The van der Waals surface area contributed by atoms with E-state index in [1.807, 2.05) is 0 Å². The van der Waals surface area contributed by atoms with Crippen molar-refractivity contribution in [2.45, 2.75) is 18.9 Å². The number of rotatable bonds is 4. The van der Waals surface area contributed by atoms with Crippen molar-refractivity contribution in [1.29, 1.82) is 0 Å². The molecule has 0 bridgehead atoms. The Balaban J connectivity index is 1.65. The van der Waals surface area contributed by atoms with Gasteiger partial charge in [0.25, 0.3) is 0 Å². The van der Waals surface area contributed by atoms with Crippen LogP contribution in [0.25, 0.3) is 0 Å². The van der Waals surface area contributed by atoms with Gasteiger partial charge in [-0.2, -0.15) is 0 Å². The van der Waals surface area contributed by atoms with Gasteiger partial charge in [0, 0.05) is 32.8 Å². The first-order valence-electron chi connectivity index (χ1n) is 6.00. The number of morpholine rings is 1. The highest BCUT2D eigenvalue weighted by Crippen LogP contribution is 2.17. The van der Waals surface area contributed by atoms with Gasteiger partial charge in [-0.3, -0.25) is 4.90 Å². The summed E-state index contributed by atoms with van der Waals surface area (Å²) in [7, 11) is 0. The maximum absolute atomic E-state index is 5.61. The van der Waals surface area contributed by atoms with E-state index in [2.05, 4.69) is 4.90 Å². The van der Waals surface area contributed by atoms with Gasteiger partial charge in [-0.25, -0.2) is 0 Å². The van der Waals surface area contributed by atoms with Gasteiger partial charge in [0.05, 0.1) is 12.7 Å². The summed E-state index contributed by atoms with van der Waals surface area (Å²) in [6.45, 7) is 6.64. The maximum Gasteiger partial charge on any atom is 0.0824 e. The highest BCUT2D eigenvalue weighted by molar-refractivity contribution is 4.74. The molecule has 0 amide bonds. The molecule has 0 spiro atoms. The molecule has 0 radical (unpaired) electrons. The van der Waals surface area contributed by atoms with Gasteiger partial charge in [-0.1, -0.05) is 0 Å². The number of hydrogen-bond donors (Lipinski definition) is 1. The van der Waals surface area contributed by atoms with Crippen LogP contribution in [0.5, 0.6) is 0 Å². The van der Waals surface area contributed by atoms with Crippen LogP contribution in [0, 0.1) is 5.92 Å². The smallest absolute Gasteiger partial charge is 0.0824 e. The molecule has 0 aromatic rings. The van der Waals surface area contributed by atoms with E-state index < -0.39 is 0 Å². The summed E-state index contributed by atoms with van der Waals surface area (Å²) in [6.07, 6.45) is 2.75. The molecule has 0 aromatic heterocycles. The van der Waals surface area contributed by atoms with Crippen LogP contribution < -0.4 is 5.73 Å². The van der Waals surface area contributed by atoms with Crippen molar-refractivity contribution in [2.24, 2.45) is 11.7 Å². The third kappa shape index (κ3) is 3.41. The molecule has 2 aliphatic rings. The molecule has 2 saturated heterocycles. The zero-order valence-corrected chi connectivity index (χ0v) is 9.36. The predicted octanol–water partition coefficient (Wildman–Crippen LogP) is 0.0725. The van der Waals surface area contributed by atoms with Crippen molar-refractivity contribution < 1.29 is 9.47 Å². The van der Waals surface area contributed by atoms with E-state index in [0.29, 0.717) is 6.54 Å². The summed E-state index contributed by atoms with van der Waals surface area (Å²) in [5, 5.41) is 0. The summed E-state index contributed by atoms with van der Waals surface area (Å²) in [6, 6.07) is 0. The third-order valence-corrected chi connectivity index (χ3v) is 3.36. The van der Waals surface area contributed by atoms with Crippen molar-refractivity contribution >= 4 is 0 Å². The van der Waals surface area contributed by atoms with Crippen LogP contribution in [-0.2, 0) is 9.47 Å². The van der Waals surface area contributed by atoms with Crippen LogP contribution in [-0.4, -0.2) is 57.0 Å². The van der Waals surface area contributed by atoms with Crippen LogP contribution in [0.2, 0.25) is 0 Å². The molecule has 4 heteroatoms. The molecule has 2 unspecified atom stereocenters. The lowest BCUT2D eigenvalue weighted by Gasteiger charge is -2.32. The molecule has 4 nitrogen and oxygen atoms in total. The predicted molar refractivity (Wildman–Crippen MR) is 58.8 cm³/mol. The average molecular weight is 214 g/mol. The molecule has 2 heterocycles. The number of nitrogens with two attached hydrogens (primary N) is 1. The molecule has 2 N–H and O–H groups in total. The quantitative estimate of drug-likeness (QED) is 0.719. The molecule has 2 atom stereocenters. The van der Waals surface area contributed by atoms with E-state index in [0.717, 1.165) is 38.8 Å². The molecule has 0 saturated carbocycles. The topological polar surface area (TPSA) is 47.7 Å². The Bertz CT molecular complexity index is 183. The van der Waals surface area contributed by atoms with E-state index in [-0.39, 0.29) is 6.10 Å². The normalized spacial score (nSPS) is 33.4. The van der Waals surface area contributed by atoms with Crippen LogP contribution in [0.15, 0.2) is 0 Å². The zero-order valence-electron chi connectivity index (χ0n) is 9.36. The second kappa shape index (κ2) is 5.80.